The minimum Gasteiger partial charge on any atom is -0.495 e. The molecule has 0 atom stereocenters. The van der Waals surface area contributed by atoms with E-state index in [4.69, 9.17) is 31.5 Å². The third-order valence-electron chi connectivity index (χ3n) is 3.92. The van der Waals surface area contributed by atoms with Crippen LogP contribution < -0.4 is 25.3 Å². The fourth-order valence-electron chi connectivity index (χ4n) is 2.59. The van der Waals surface area contributed by atoms with Crippen LogP contribution in [0.3, 0.4) is 0 Å². The average Bonchev–Trinajstić information content (AvgIpc) is 2.88. The molecular formula is C19H22ClN3O3. The summed E-state index contributed by atoms with van der Waals surface area (Å²) in [6, 6.07) is 11.3. The van der Waals surface area contributed by atoms with Crippen molar-refractivity contribution < 1.29 is 14.2 Å². The molecule has 26 heavy (non-hydrogen) atoms. The lowest BCUT2D eigenvalue weighted by molar-refractivity contribution is 0.297. The number of nitrogens with one attached hydrogen (secondary N) is 1. The average molecular weight is 376 g/mol. The summed E-state index contributed by atoms with van der Waals surface area (Å²) in [5.74, 6) is 2.47. The summed E-state index contributed by atoms with van der Waals surface area (Å²) in [5.41, 5.74) is 7.87. The number of anilines is 1. The number of ether oxygens (including phenoxy) is 3. The molecule has 0 amide bonds. The molecule has 0 bridgehead atoms. The van der Waals surface area contributed by atoms with Crippen LogP contribution in [0.5, 0.6) is 17.2 Å². The van der Waals surface area contributed by atoms with Gasteiger partial charge < -0.3 is 25.3 Å². The Morgan fingerprint density at radius 2 is 2.00 bits per heavy atom. The van der Waals surface area contributed by atoms with E-state index in [1.807, 2.05) is 36.4 Å². The Labute approximate surface area is 157 Å². The second-order valence-electron chi connectivity index (χ2n) is 5.82. The van der Waals surface area contributed by atoms with Crippen LogP contribution in [-0.4, -0.2) is 32.8 Å². The Morgan fingerprint density at radius 1 is 1.19 bits per heavy atom. The van der Waals surface area contributed by atoms with Gasteiger partial charge in [-0.05, 0) is 36.2 Å². The SMILES string of the molecule is COc1cc(CCN=C(N)Nc2ccc3c(c2)OCCCO3)ccc1Cl. The van der Waals surface area contributed by atoms with E-state index in [0.29, 0.717) is 42.2 Å². The molecule has 2 aromatic rings. The summed E-state index contributed by atoms with van der Waals surface area (Å²) in [5, 5.41) is 3.67. The summed E-state index contributed by atoms with van der Waals surface area (Å²) >= 11 is 6.03. The number of methoxy groups -OCH3 is 1. The number of nitrogens with two attached hydrogens (primary N) is 1. The fraction of sp³-hybridized carbons (Fsp3) is 0.316. The molecule has 1 heterocycles. The number of benzene rings is 2. The van der Waals surface area contributed by atoms with E-state index in [2.05, 4.69) is 10.3 Å². The first-order chi connectivity index (χ1) is 12.7. The van der Waals surface area contributed by atoms with E-state index < -0.39 is 0 Å². The first kappa shape index (κ1) is 18.2. The molecule has 1 aliphatic heterocycles. The van der Waals surface area contributed by atoms with E-state index in [9.17, 15) is 0 Å². The minimum absolute atomic E-state index is 0.348. The highest BCUT2D eigenvalue weighted by Crippen LogP contribution is 2.32. The molecule has 3 N–H and O–H groups in total. The molecule has 0 unspecified atom stereocenters. The molecule has 6 nitrogen and oxygen atoms in total. The number of hydrogen-bond acceptors (Lipinski definition) is 4. The van der Waals surface area contributed by atoms with E-state index in [-0.39, 0.29) is 0 Å². The van der Waals surface area contributed by atoms with Crippen molar-refractivity contribution in [3.8, 4) is 17.2 Å². The van der Waals surface area contributed by atoms with Crippen molar-refractivity contribution in [3.63, 3.8) is 0 Å². The lowest BCUT2D eigenvalue weighted by Gasteiger charge is -2.11. The van der Waals surface area contributed by atoms with Crippen molar-refractivity contribution in [2.24, 2.45) is 10.7 Å². The van der Waals surface area contributed by atoms with Gasteiger partial charge in [-0.2, -0.15) is 0 Å². The Morgan fingerprint density at radius 3 is 2.81 bits per heavy atom. The monoisotopic (exact) mass is 375 g/mol. The molecule has 0 aliphatic carbocycles. The molecule has 0 saturated carbocycles. The number of fused-ring (bicyclic) bond motifs is 1. The van der Waals surface area contributed by atoms with Crippen molar-refractivity contribution in [3.05, 3.63) is 47.0 Å². The normalized spacial score (nSPS) is 13.8. The molecule has 0 spiro atoms. The number of nitrogens with zero attached hydrogens (tertiary/aromatic N) is 1. The highest BCUT2D eigenvalue weighted by molar-refractivity contribution is 6.32. The van der Waals surface area contributed by atoms with Gasteiger partial charge in [0.1, 0.15) is 5.75 Å². The third-order valence-corrected chi connectivity index (χ3v) is 4.23. The smallest absolute Gasteiger partial charge is 0.193 e. The zero-order valence-electron chi connectivity index (χ0n) is 14.6. The van der Waals surface area contributed by atoms with E-state index in [1.165, 1.54) is 0 Å². The van der Waals surface area contributed by atoms with Crippen LogP contribution >= 0.6 is 11.6 Å². The topological polar surface area (TPSA) is 78.1 Å². The maximum atomic E-state index is 6.03. The van der Waals surface area contributed by atoms with E-state index in [0.717, 1.165) is 29.8 Å². The summed E-state index contributed by atoms with van der Waals surface area (Å²) in [7, 11) is 1.60. The molecule has 3 rings (SSSR count). The maximum absolute atomic E-state index is 6.03. The molecule has 1 aliphatic rings. The zero-order chi connectivity index (χ0) is 18.4. The van der Waals surface area contributed by atoms with Crippen LogP contribution in [0, 0.1) is 0 Å². The van der Waals surface area contributed by atoms with Crippen LogP contribution in [0.4, 0.5) is 5.69 Å². The summed E-state index contributed by atoms with van der Waals surface area (Å²) in [6.45, 7) is 1.86. The standard InChI is InChI=1S/C19H22ClN3O3/c1-24-17-11-13(3-5-15(17)20)7-8-22-19(21)23-14-4-6-16-18(12-14)26-10-2-9-25-16/h3-6,11-12H,2,7-10H2,1H3,(H3,21,22,23). The molecular weight excluding hydrogens is 354 g/mol. The molecule has 2 aromatic carbocycles. The third kappa shape index (κ3) is 4.73. The number of rotatable bonds is 5. The fourth-order valence-corrected chi connectivity index (χ4v) is 2.79. The number of guanidine groups is 1. The lowest BCUT2D eigenvalue weighted by atomic mass is 10.1. The number of aliphatic imine (C=N–C) groups is 1. The van der Waals surface area contributed by atoms with Gasteiger partial charge >= 0.3 is 0 Å². The first-order valence-corrected chi connectivity index (χ1v) is 8.82. The van der Waals surface area contributed by atoms with Crippen LogP contribution in [-0.2, 0) is 6.42 Å². The minimum atomic E-state index is 0.348. The maximum Gasteiger partial charge on any atom is 0.193 e. The Balaban J connectivity index is 1.58. The van der Waals surface area contributed by atoms with Gasteiger partial charge in [-0.1, -0.05) is 17.7 Å². The first-order valence-electron chi connectivity index (χ1n) is 8.45. The highest BCUT2D eigenvalue weighted by Gasteiger charge is 2.10. The molecule has 0 saturated heterocycles. The van der Waals surface area contributed by atoms with Crippen molar-refractivity contribution in [2.45, 2.75) is 12.8 Å². The molecule has 138 valence electrons. The highest BCUT2D eigenvalue weighted by atomic mass is 35.5. The summed E-state index contributed by atoms with van der Waals surface area (Å²) < 4.78 is 16.5. The Bertz CT molecular complexity index is 796. The lowest BCUT2D eigenvalue weighted by Crippen LogP contribution is -2.23. The van der Waals surface area contributed by atoms with Crippen LogP contribution in [0.25, 0.3) is 0 Å². The van der Waals surface area contributed by atoms with Gasteiger partial charge in [-0.15, -0.1) is 0 Å². The number of hydrogen-bond donors (Lipinski definition) is 2. The van der Waals surface area contributed by atoms with Gasteiger partial charge in [0.2, 0.25) is 0 Å². The van der Waals surface area contributed by atoms with Crippen LogP contribution in [0.2, 0.25) is 5.02 Å². The molecule has 0 fully saturated rings. The predicted octanol–water partition coefficient (Wildman–Crippen LogP) is 3.48. The molecule has 0 radical (unpaired) electrons. The van der Waals surface area contributed by atoms with Crippen LogP contribution in [0.15, 0.2) is 41.4 Å². The van der Waals surface area contributed by atoms with Crippen molar-refractivity contribution in [1.29, 1.82) is 0 Å². The van der Waals surface area contributed by atoms with Crippen molar-refractivity contribution in [2.75, 3.05) is 32.2 Å². The van der Waals surface area contributed by atoms with Crippen molar-refractivity contribution in [1.82, 2.24) is 0 Å². The Hall–Kier alpha value is -2.60. The number of halogens is 1. The second-order valence-corrected chi connectivity index (χ2v) is 6.23. The molecule has 7 heteroatoms. The predicted molar refractivity (Wildman–Crippen MR) is 104 cm³/mol. The van der Waals surface area contributed by atoms with Gasteiger partial charge in [0.05, 0.1) is 25.3 Å². The second kappa shape index (κ2) is 8.67. The van der Waals surface area contributed by atoms with Gasteiger partial charge in [0.15, 0.2) is 17.5 Å². The van der Waals surface area contributed by atoms with Crippen molar-refractivity contribution >= 4 is 23.2 Å². The van der Waals surface area contributed by atoms with Gasteiger partial charge in [-0.25, -0.2) is 0 Å². The largest absolute Gasteiger partial charge is 0.495 e. The van der Waals surface area contributed by atoms with E-state index >= 15 is 0 Å². The van der Waals surface area contributed by atoms with Gasteiger partial charge in [-0.3, -0.25) is 4.99 Å². The Kier molecular flexibility index (Phi) is 6.07. The van der Waals surface area contributed by atoms with Gasteiger partial charge in [0.25, 0.3) is 0 Å². The quantitative estimate of drug-likeness (QED) is 0.618. The summed E-state index contributed by atoms with van der Waals surface area (Å²) in [4.78, 5) is 4.36. The van der Waals surface area contributed by atoms with E-state index in [1.54, 1.807) is 7.11 Å². The summed E-state index contributed by atoms with van der Waals surface area (Å²) in [6.07, 6.45) is 1.60. The molecule has 0 aromatic heterocycles. The van der Waals surface area contributed by atoms with Gasteiger partial charge in [0, 0.05) is 24.7 Å². The van der Waals surface area contributed by atoms with Crippen LogP contribution in [0.1, 0.15) is 12.0 Å². The zero-order valence-corrected chi connectivity index (χ0v) is 15.4.